The quantitative estimate of drug-likeness (QED) is 0.820. The minimum atomic E-state index is -0.909. The molecule has 0 aromatic heterocycles. The number of likely N-dealkylation sites (tertiary alicyclic amines) is 1. The molecule has 0 saturated carbocycles. The molecule has 0 unspecified atom stereocenters. The van der Waals surface area contributed by atoms with Crippen molar-refractivity contribution in [2.75, 3.05) is 26.1 Å². The first kappa shape index (κ1) is 12.7. The highest BCUT2D eigenvalue weighted by Gasteiger charge is 2.20. The molecule has 1 aliphatic heterocycles. The summed E-state index contributed by atoms with van der Waals surface area (Å²) in [5.41, 5.74) is 0. The Morgan fingerprint density at radius 1 is 1.29 bits per heavy atom. The average molecular weight is 253 g/mol. The minimum absolute atomic E-state index is 0.386. The van der Waals surface area contributed by atoms with Crippen LogP contribution in [0.2, 0.25) is 0 Å². The summed E-state index contributed by atoms with van der Waals surface area (Å²) in [7, 11) is 0.857. The maximum atomic E-state index is 12.1. The van der Waals surface area contributed by atoms with Crippen molar-refractivity contribution in [3.05, 3.63) is 30.3 Å². The van der Waals surface area contributed by atoms with E-state index in [4.69, 9.17) is 4.74 Å². The van der Waals surface area contributed by atoms with Gasteiger partial charge in [-0.2, -0.15) is 0 Å². The zero-order valence-corrected chi connectivity index (χ0v) is 11.0. The molecule has 1 aromatic carbocycles. The fourth-order valence-electron chi connectivity index (χ4n) is 2.09. The van der Waals surface area contributed by atoms with Crippen molar-refractivity contribution in [2.24, 2.45) is 0 Å². The third-order valence-electron chi connectivity index (χ3n) is 3.17. The number of piperidine rings is 1. The lowest BCUT2D eigenvalue weighted by Crippen LogP contribution is -2.38. The Morgan fingerprint density at radius 2 is 1.94 bits per heavy atom. The number of nitrogens with zero attached hydrogens (tertiary/aromatic N) is 1. The van der Waals surface area contributed by atoms with Gasteiger partial charge in [-0.15, -0.1) is 0 Å². The van der Waals surface area contributed by atoms with Crippen molar-refractivity contribution in [2.45, 2.75) is 23.8 Å². The van der Waals surface area contributed by atoms with E-state index in [0.29, 0.717) is 12.0 Å². The smallest absolute Gasteiger partial charge is 0.0795 e. The molecule has 0 N–H and O–H groups in total. The zero-order chi connectivity index (χ0) is 12.1. The summed E-state index contributed by atoms with van der Waals surface area (Å²) in [6.07, 6.45) is 2.47. The van der Waals surface area contributed by atoms with Crippen LogP contribution in [0.3, 0.4) is 0 Å². The lowest BCUT2D eigenvalue weighted by Gasteiger charge is -2.30. The van der Waals surface area contributed by atoms with E-state index in [9.17, 15) is 4.21 Å². The topological polar surface area (TPSA) is 29.5 Å². The van der Waals surface area contributed by atoms with Crippen LogP contribution in [0.1, 0.15) is 12.8 Å². The molecular formula is C13H19NO2S. The van der Waals surface area contributed by atoms with Crippen LogP contribution in [-0.4, -0.2) is 41.3 Å². The van der Waals surface area contributed by atoms with E-state index >= 15 is 0 Å². The maximum Gasteiger partial charge on any atom is 0.0795 e. The average Bonchev–Trinajstić information content (AvgIpc) is 2.40. The Kier molecular flexibility index (Phi) is 4.71. The van der Waals surface area contributed by atoms with Gasteiger partial charge in [0.05, 0.1) is 22.8 Å². The summed E-state index contributed by atoms with van der Waals surface area (Å²) in [4.78, 5) is 3.18. The Bertz CT molecular complexity index is 361. The molecule has 0 radical (unpaired) electrons. The van der Waals surface area contributed by atoms with E-state index in [2.05, 4.69) is 4.90 Å². The molecule has 1 saturated heterocycles. The molecule has 1 atom stereocenters. The van der Waals surface area contributed by atoms with Crippen LogP contribution in [0.4, 0.5) is 0 Å². The van der Waals surface area contributed by atoms with Crippen LogP contribution >= 0.6 is 0 Å². The summed E-state index contributed by atoms with van der Waals surface area (Å²) in [5, 5.41) is 0. The van der Waals surface area contributed by atoms with Gasteiger partial charge in [0.15, 0.2) is 0 Å². The lowest BCUT2D eigenvalue weighted by atomic mass is 10.1. The van der Waals surface area contributed by atoms with Gasteiger partial charge >= 0.3 is 0 Å². The van der Waals surface area contributed by atoms with Crippen LogP contribution in [0, 0.1) is 0 Å². The van der Waals surface area contributed by atoms with Gasteiger partial charge in [0, 0.05) is 25.1 Å². The molecule has 0 amide bonds. The highest BCUT2D eigenvalue weighted by Crippen LogP contribution is 2.15. The highest BCUT2D eigenvalue weighted by molar-refractivity contribution is 7.85. The van der Waals surface area contributed by atoms with Crippen molar-refractivity contribution >= 4 is 10.8 Å². The van der Waals surface area contributed by atoms with E-state index in [1.807, 2.05) is 30.3 Å². The third-order valence-corrected chi connectivity index (χ3v) is 4.57. The van der Waals surface area contributed by atoms with E-state index in [1.165, 1.54) is 0 Å². The first-order chi connectivity index (χ1) is 8.29. The molecular weight excluding hydrogens is 234 g/mol. The standard InChI is InChI=1S/C13H19NO2S/c1-16-12-7-9-14(10-8-12)11-17(15)13-5-3-2-4-6-13/h2-6,12H,7-11H2,1H3/t17-/m0/s1. The van der Waals surface area contributed by atoms with Gasteiger partial charge in [-0.05, 0) is 25.0 Å². The molecule has 94 valence electrons. The monoisotopic (exact) mass is 253 g/mol. The summed E-state index contributed by atoms with van der Waals surface area (Å²) < 4.78 is 17.4. The second-order valence-electron chi connectivity index (χ2n) is 4.34. The largest absolute Gasteiger partial charge is 0.381 e. The SMILES string of the molecule is COC1CCN(C[S@](=O)c2ccccc2)CC1. The zero-order valence-electron chi connectivity index (χ0n) is 10.2. The van der Waals surface area contributed by atoms with E-state index < -0.39 is 10.8 Å². The van der Waals surface area contributed by atoms with Crippen LogP contribution in [0.5, 0.6) is 0 Å². The molecule has 0 aliphatic carbocycles. The number of methoxy groups -OCH3 is 1. The Morgan fingerprint density at radius 3 is 2.53 bits per heavy atom. The molecule has 0 bridgehead atoms. The van der Waals surface area contributed by atoms with Gasteiger partial charge in [0.25, 0.3) is 0 Å². The Balaban J connectivity index is 1.84. The first-order valence-electron chi connectivity index (χ1n) is 5.98. The third kappa shape index (κ3) is 3.63. The molecule has 1 heterocycles. The summed E-state index contributed by atoms with van der Waals surface area (Å²) >= 11 is 0. The normalized spacial score (nSPS) is 20.3. The second kappa shape index (κ2) is 6.28. The van der Waals surface area contributed by atoms with E-state index in [1.54, 1.807) is 7.11 Å². The molecule has 3 nitrogen and oxygen atoms in total. The van der Waals surface area contributed by atoms with Gasteiger partial charge in [0.2, 0.25) is 0 Å². The number of rotatable bonds is 4. The highest BCUT2D eigenvalue weighted by atomic mass is 32.2. The second-order valence-corrected chi connectivity index (χ2v) is 5.76. The van der Waals surface area contributed by atoms with Crippen molar-refractivity contribution < 1.29 is 8.95 Å². The first-order valence-corrected chi connectivity index (χ1v) is 7.30. The molecule has 1 fully saturated rings. The summed E-state index contributed by atoms with van der Waals surface area (Å²) in [5.74, 6) is 0.639. The summed E-state index contributed by atoms with van der Waals surface area (Å²) in [6, 6.07) is 9.68. The minimum Gasteiger partial charge on any atom is -0.381 e. The van der Waals surface area contributed by atoms with Crippen LogP contribution < -0.4 is 0 Å². The number of ether oxygens (including phenoxy) is 1. The molecule has 2 rings (SSSR count). The molecule has 1 aromatic rings. The fourth-order valence-corrected chi connectivity index (χ4v) is 3.29. The van der Waals surface area contributed by atoms with Crippen LogP contribution in [0.25, 0.3) is 0 Å². The molecule has 17 heavy (non-hydrogen) atoms. The van der Waals surface area contributed by atoms with Gasteiger partial charge in [-0.3, -0.25) is 9.11 Å². The van der Waals surface area contributed by atoms with Crippen LogP contribution in [-0.2, 0) is 15.5 Å². The molecule has 1 aliphatic rings. The number of benzene rings is 1. The predicted octanol–water partition coefficient (Wildman–Crippen LogP) is 1.86. The van der Waals surface area contributed by atoms with Gasteiger partial charge < -0.3 is 4.74 Å². The van der Waals surface area contributed by atoms with Gasteiger partial charge in [-0.25, -0.2) is 0 Å². The van der Waals surface area contributed by atoms with Crippen molar-refractivity contribution in [1.29, 1.82) is 0 Å². The summed E-state index contributed by atoms with van der Waals surface area (Å²) in [6.45, 7) is 1.97. The van der Waals surface area contributed by atoms with Crippen LogP contribution in [0.15, 0.2) is 35.2 Å². The maximum absolute atomic E-state index is 12.1. The fraction of sp³-hybridized carbons (Fsp3) is 0.538. The van der Waals surface area contributed by atoms with Crippen molar-refractivity contribution in [3.63, 3.8) is 0 Å². The lowest BCUT2D eigenvalue weighted by molar-refractivity contribution is 0.0464. The number of hydrogen-bond acceptors (Lipinski definition) is 3. The van der Waals surface area contributed by atoms with Gasteiger partial charge in [0.1, 0.15) is 0 Å². The predicted molar refractivity (Wildman–Crippen MR) is 69.3 cm³/mol. The molecule has 4 heteroatoms. The van der Waals surface area contributed by atoms with E-state index in [-0.39, 0.29) is 0 Å². The Labute approximate surface area is 105 Å². The van der Waals surface area contributed by atoms with Crippen molar-refractivity contribution in [3.8, 4) is 0 Å². The van der Waals surface area contributed by atoms with Gasteiger partial charge in [-0.1, -0.05) is 18.2 Å². The Hall–Kier alpha value is -0.710. The van der Waals surface area contributed by atoms with Crippen molar-refractivity contribution in [1.82, 2.24) is 4.90 Å². The van der Waals surface area contributed by atoms with E-state index in [0.717, 1.165) is 30.8 Å². The number of hydrogen-bond donors (Lipinski definition) is 0. The molecule has 0 spiro atoms.